The van der Waals surface area contributed by atoms with Crippen molar-refractivity contribution in [3.8, 4) is 0 Å². The number of halogens is 1. The van der Waals surface area contributed by atoms with Gasteiger partial charge in [0.05, 0.1) is 0 Å². The molecule has 0 unspecified atom stereocenters. The number of unbranched alkanes of at least 4 members (excludes halogenated alkanes) is 6. The molecule has 0 fully saturated rings. The monoisotopic (exact) mass is 221 g/mol. The predicted octanol–water partition coefficient (Wildman–Crippen LogP) is 3.50. The van der Waals surface area contributed by atoms with Gasteiger partial charge in [0.25, 0.3) is 5.91 Å². The number of nitrogens with zero attached hydrogens (tertiary/aromatic N) is 1. The maximum Gasteiger partial charge on any atom is 0.261 e. The van der Waals surface area contributed by atoms with Crippen molar-refractivity contribution >= 4 is 17.7 Å². The Labute approximate surface area is 91.1 Å². The summed E-state index contributed by atoms with van der Waals surface area (Å²) in [4.78, 5) is 10.8. The van der Waals surface area contributed by atoms with Gasteiger partial charge >= 0.3 is 0 Å². The fourth-order valence-corrected chi connectivity index (χ4v) is 1.41. The molecule has 1 N–H and O–H groups in total. The molecule has 0 aliphatic rings. The van der Waals surface area contributed by atoms with Crippen LogP contribution in [0.2, 0.25) is 0 Å². The Bertz CT molecular complexity index is 151. The van der Waals surface area contributed by atoms with Gasteiger partial charge in [-0.1, -0.05) is 45.4 Å². The highest BCUT2D eigenvalue weighted by molar-refractivity contribution is 6.19. The lowest BCUT2D eigenvalue weighted by atomic mass is 10.1. The highest BCUT2D eigenvalue weighted by atomic mass is 35.5. The van der Waals surface area contributed by atoms with Crippen LogP contribution in [0.15, 0.2) is 0 Å². The van der Waals surface area contributed by atoms with Crippen LogP contribution in [-0.4, -0.2) is 15.7 Å². The van der Waals surface area contributed by atoms with E-state index in [9.17, 15) is 4.79 Å². The van der Waals surface area contributed by atoms with Gasteiger partial charge in [-0.3, -0.25) is 10.0 Å². The first kappa shape index (κ1) is 13.7. The maximum absolute atomic E-state index is 10.8. The molecule has 0 saturated heterocycles. The van der Waals surface area contributed by atoms with Crippen LogP contribution in [0.3, 0.4) is 0 Å². The summed E-state index contributed by atoms with van der Waals surface area (Å²) in [5.74, 6) is -0.416. The van der Waals surface area contributed by atoms with Crippen LogP contribution >= 0.6 is 11.8 Å². The van der Waals surface area contributed by atoms with E-state index in [0.717, 1.165) is 12.8 Å². The van der Waals surface area contributed by atoms with Crippen LogP contribution in [-0.2, 0) is 4.79 Å². The van der Waals surface area contributed by atoms with E-state index < -0.39 is 5.91 Å². The zero-order valence-electron chi connectivity index (χ0n) is 8.84. The third kappa shape index (κ3) is 8.32. The molecule has 0 aliphatic carbocycles. The summed E-state index contributed by atoms with van der Waals surface area (Å²) >= 11 is 5.05. The minimum absolute atomic E-state index is 0.150. The van der Waals surface area contributed by atoms with Crippen LogP contribution in [0.1, 0.15) is 58.3 Å². The van der Waals surface area contributed by atoms with Crippen molar-refractivity contribution in [3.05, 3.63) is 0 Å². The van der Waals surface area contributed by atoms with E-state index in [1.54, 1.807) is 0 Å². The molecule has 0 rings (SSSR count). The Balaban J connectivity index is 3.10. The summed E-state index contributed by atoms with van der Waals surface area (Å²) in [5, 5.41) is 8.54. The van der Waals surface area contributed by atoms with Gasteiger partial charge in [0.1, 0.15) is 0 Å². The number of hydrogen-bond acceptors (Lipinski definition) is 2. The molecule has 1 amide bonds. The third-order valence-electron chi connectivity index (χ3n) is 2.20. The average Bonchev–Trinajstić information content (AvgIpc) is 2.16. The minimum Gasteiger partial charge on any atom is -0.271 e. The van der Waals surface area contributed by atoms with Gasteiger partial charge in [0, 0.05) is 18.2 Å². The summed E-state index contributed by atoms with van der Waals surface area (Å²) in [5.41, 5.74) is 0. The van der Waals surface area contributed by atoms with Crippen LogP contribution in [0.5, 0.6) is 0 Å². The van der Waals surface area contributed by atoms with Crippen LogP contribution in [0.25, 0.3) is 0 Å². The van der Waals surface area contributed by atoms with E-state index in [4.69, 9.17) is 17.0 Å². The van der Waals surface area contributed by atoms with E-state index >= 15 is 0 Å². The quantitative estimate of drug-likeness (QED) is 0.295. The molecule has 14 heavy (non-hydrogen) atoms. The highest BCUT2D eigenvalue weighted by Gasteiger charge is 2.06. The Kier molecular flexibility index (Phi) is 9.10. The van der Waals surface area contributed by atoms with Gasteiger partial charge in [-0.2, -0.15) is 0 Å². The standard InChI is InChI=1S/C10H20ClNO2/c1-2-3-4-5-6-7-8-9-10(13)12(11)14/h14H,2-9H2,1H3. The van der Waals surface area contributed by atoms with Gasteiger partial charge in [0.15, 0.2) is 0 Å². The smallest absolute Gasteiger partial charge is 0.261 e. The topological polar surface area (TPSA) is 40.5 Å². The molecule has 0 saturated carbocycles. The second-order valence-corrected chi connectivity index (χ2v) is 3.85. The summed E-state index contributed by atoms with van der Waals surface area (Å²) in [6, 6.07) is 0. The Morgan fingerprint density at radius 3 is 2.14 bits per heavy atom. The highest BCUT2D eigenvalue weighted by Crippen LogP contribution is 2.09. The lowest BCUT2D eigenvalue weighted by molar-refractivity contribution is -0.146. The normalized spacial score (nSPS) is 10.2. The second kappa shape index (κ2) is 9.28. The lowest BCUT2D eigenvalue weighted by Crippen LogP contribution is -2.16. The number of carbonyl (C=O) groups is 1. The van der Waals surface area contributed by atoms with Crippen molar-refractivity contribution in [2.45, 2.75) is 58.3 Å². The Morgan fingerprint density at radius 2 is 1.64 bits per heavy atom. The van der Waals surface area contributed by atoms with E-state index in [0.29, 0.717) is 6.42 Å². The minimum atomic E-state index is -0.416. The molecule has 0 spiro atoms. The molecule has 0 bridgehead atoms. The Morgan fingerprint density at radius 1 is 1.14 bits per heavy atom. The molecule has 0 radical (unpaired) electrons. The molecule has 0 aliphatic heterocycles. The molecule has 3 nitrogen and oxygen atoms in total. The van der Waals surface area contributed by atoms with Gasteiger partial charge in [0.2, 0.25) is 0 Å². The molecule has 0 aromatic carbocycles. The summed E-state index contributed by atoms with van der Waals surface area (Å²) in [6.45, 7) is 2.19. The maximum atomic E-state index is 10.8. The van der Waals surface area contributed by atoms with Gasteiger partial charge < -0.3 is 0 Å². The first-order valence-electron chi connectivity index (χ1n) is 5.36. The van der Waals surface area contributed by atoms with Gasteiger partial charge in [-0.25, -0.2) is 0 Å². The number of hydroxylamine groups is 1. The van der Waals surface area contributed by atoms with Crippen molar-refractivity contribution in [3.63, 3.8) is 0 Å². The van der Waals surface area contributed by atoms with Crippen molar-refractivity contribution in [1.82, 2.24) is 4.58 Å². The van der Waals surface area contributed by atoms with Crippen LogP contribution in [0.4, 0.5) is 0 Å². The van der Waals surface area contributed by atoms with E-state index in [-0.39, 0.29) is 4.58 Å². The van der Waals surface area contributed by atoms with Gasteiger partial charge in [-0.05, 0) is 6.42 Å². The fourth-order valence-electron chi connectivity index (χ4n) is 1.33. The zero-order chi connectivity index (χ0) is 10.8. The first-order valence-corrected chi connectivity index (χ1v) is 5.70. The molecule has 0 heterocycles. The lowest BCUT2D eigenvalue weighted by Gasteiger charge is -2.04. The zero-order valence-corrected chi connectivity index (χ0v) is 9.59. The number of carbonyl (C=O) groups excluding carboxylic acids is 1. The largest absolute Gasteiger partial charge is 0.271 e. The van der Waals surface area contributed by atoms with Crippen molar-refractivity contribution in [1.29, 1.82) is 0 Å². The van der Waals surface area contributed by atoms with Gasteiger partial charge in [-0.15, -0.1) is 4.58 Å². The number of amides is 1. The van der Waals surface area contributed by atoms with E-state index in [1.165, 1.54) is 32.1 Å². The molecular weight excluding hydrogens is 202 g/mol. The summed E-state index contributed by atoms with van der Waals surface area (Å²) in [6.07, 6.45) is 8.44. The van der Waals surface area contributed by atoms with Crippen LogP contribution in [0, 0.1) is 0 Å². The first-order chi connectivity index (χ1) is 6.68. The molecule has 0 aromatic heterocycles. The Hall–Kier alpha value is -0.280. The number of hydrogen-bond donors (Lipinski definition) is 1. The third-order valence-corrected chi connectivity index (χ3v) is 2.39. The van der Waals surface area contributed by atoms with Crippen molar-refractivity contribution in [2.24, 2.45) is 0 Å². The van der Waals surface area contributed by atoms with E-state index in [2.05, 4.69) is 6.92 Å². The SMILES string of the molecule is CCCCCCCCCC(=O)N(O)Cl. The predicted molar refractivity (Wildman–Crippen MR) is 57.1 cm³/mol. The molecule has 84 valence electrons. The van der Waals surface area contributed by atoms with E-state index in [1.807, 2.05) is 0 Å². The molecule has 0 aromatic rings. The number of rotatable bonds is 8. The van der Waals surface area contributed by atoms with Crippen molar-refractivity contribution < 1.29 is 10.0 Å². The van der Waals surface area contributed by atoms with Crippen molar-refractivity contribution in [2.75, 3.05) is 0 Å². The second-order valence-electron chi connectivity index (χ2n) is 3.53. The molecule has 4 heteroatoms. The summed E-state index contributed by atoms with van der Waals surface area (Å²) < 4.78 is 0.150. The van der Waals surface area contributed by atoms with Crippen LogP contribution < -0.4 is 0 Å². The summed E-state index contributed by atoms with van der Waals surface area (Å²) in [7, 11) is 0. The fraction of sp³-hybridized carbons (Fsp3) is 0.900. The average molecular weight is 222 g/mol. The molecule has 0 atom stereocenters. The molecular formula is C10H20ClNO2.